The third-order valence-electron chi connectivity index (χ3n) is 3.29. The fraction of sp³-hybridized carbons (Fsp3) is 0.357. The van der Waals surface area contributed by atoms with Crippen molar-refractivity contribution in [3.63, 3.8) is 0 Å². The van der Waals surface area contributed by atoms with Crippen LogP contribution < -0.4 is 10.9 Å². The number of nitrogens with one attached hydrogen (secondary N) is 1. The number of hydrogen-bond donors (Lipinski definition) is 1. The zero-order valence-corrected chi connectivity index (χ0v) is 12.5. The van der Waals surface area contributed by atoms with Crippen molar-refractivity contribution >= 4 is 11.6 Å². The quantitative estimate of drug-likeness (QED) is 0.936. The number of rotatable bonds is 4. The highest BCUT2D eigenvalue weighted by molar-refractivity contribution is 5.93. The number of amides is 1. The van der Waals surface area contributed by atoms with Gasteiger partial charge < -0.3 is 9.88 Å². The Kier molecular flexibility index (Phi) is 4.57. The topological polar surface area (TPSA) is 68.9 Å². The summed E-state index contributed by atoms with van der Waals surface area (Å²) in [6.07, 6.45) is -1.93. The van der Waals surface area contributed by atoms with Crippen LogP contribution in [0.2, 0.25) is 0 Å². The Bertz CT molecular complexity index is 764. The first-order valence-electron chi connectivity index (χ1n) is 6.86. The van der Waals surface area contributed by atoms with E-state index in [1.807, 2.05) is 0 Å². The molecule has 1 atom stereocenters. The molecule has 23 heavy (non-hydrogen) atoms. The summed E-state index contributed by atoms with van der Waals surface area (Å²) in [5.41, 5.74) is -1.40. The number of alkyl halides is 3. The molecule has 0 aromatic carbocycles. The van der Waals surface area contributed by atoms with Crippen LogP contribution in [0.25, 0.3) is 0 Å². The van der Waals surface area contributed by atoms with Crippen LogP contribution in [0.4, 0.5) is 18.9 Å². The van der Waals surface area contributed by atoms with Gasteiger partial charge in [0.15, 0.2) is 5.69 Å². The second kappa shape index (κ2) is 6.27. The summed E-state index contributed by atoms with van der Waals surface area (Å²) in [6, 6.07) is 2.82. The predicted molar refractivity (Wildman–Crippen MR) is 76.9 cm³/mol. The highest BCUT2D eigenvalue weighted by atomic mass is 19.4. The van der Waals surface area contributed by atoms with Gasteiger partial charge in [-0.05, 0) is 32.0 Å². The van der Waals surface area contributed by atoms with Crippen LogP contribution in [0.3, 0.4) is 0 Å². The molecule has 2 aromatic heterocycles. The molecule has 9 heteroatoms. The summed E-state index contributed by atoms with van der Waals surface area (Å²) in [6.45, 7) is 3.61. The first-order chi connectivity index (χ1) is 10.7. The lowest BCUT2D eigenvalue weighted by molar-refractivity contribution is -0.141. The number of hydrogen-bond acceptors (Lipinski definition) is 3. The van der Waals surface area contributed by atoms with Crippen LogP contribution in [0, 0.1) is 0 Å². The van der Waals surface area contributed by atoms with Gasteiger partial charge in [-0.1, -0.05) is 0 Å². The standard InChI is InChI=1S/C14H15F3N4O2/c1-3-20-7-4-5-10(13(20)23)18-12(22)9(2)21-8-6-11(19-21)14(15,16)17/h4-9H,3H2,1-2H3,(H,18,22). The van der Waals surface area contributed by atoms with E-state index in [0.29, 0.717) is 6.54 Å². The molecule has 124 valence electrons. The predicted octanol–water partition coefficient (Wildman–Crippen LogP) is 2.28. The van der Waals surface area contributed by atoms with E-state index in [4.69, 9.17) is 0 Å². The number of aromatic nitrogens is 3. The Morgan fingerprint density at radius 3 is 2.61 bits per heavy atom. The zero-order chi connectivity index (χ0) is 17.2. The number of carbonyl (C=O) groups is 1. The average molecular weight is 328 g/mol. The first kappa shape index (κ1) is 16.8. The van der Waals surface area contributed by atoms with E-state index in [9.17, 15) is 22.8 Å². The van der Waals surface area contributed by atoms with E-state index in [2.05, 4.69) is 10.4 Å². The molecule has 0 aliphatic heterocycles. The fourth-order valence-corrected chi connectivity index (χ4v) is 1.94. The summed E-state index contributed by atoms with van der Waals surface area (Å²) in [5.74, 6) is -0.632. The minimum absolute atomic E-state index is 0.0643. The maximum Gasteiger partial charge on any atom is 0.435 e. The average Bonchev–Trinajstić information content (AvgIpc) is 2.98. The van der Waals surface area contributed by atoms with E-state index in [0.717, 1.165) is 16.9 Å². The third-order valence-corrected chi connectivity index (χ3v) is 3.29. The molecule has 1 N–H and O–H groups in total. The highest BCUT2D eigenvalue weighted by Gasteiger charge is 2.34. The summed E-state index contributed by atoms with van der Waals surface area (Å²) in [5, 5.41) is 5.76. The lowest BCUT2D eigenvalue weighted by atomic mass is 10.3. The third kappa shape index (κ3) is 3.61. The molecule has 2 heterocycles. The molecule has 2 aromatic rings. The number of halogens is 3. The van der Waals surface area contributed by atoms with Crippen molar-refractivity contribution in [3.8, 4) is 0 Å². The Balaban J connectivity index is 2.18. The summed E-state index contributed by atoms with van der Waals surface area (Å²) < 4.78 is 39.9. The number of nitrogens with zero attached hydrogens (tertiary/aromatic N) is 3. The summed E-state index contributed by atoms with van der Waals surface area (Å²) >= 11 is 0. The van der Waals surface area contributed by atoms with Crippen molar-refractivity contribution in [2.75, 3.05) is 5.32 Å². The molecule has 0 bridgehead atoms. The van der Waals surface area contributed by atoms with Crippen LogP contribution >= 0.6 is 0 Å². The molecule has 6 nitrogen and oxygen atoms in total. The Morgan fingerprint density at radius 1 is 1.35 bits per heavy atom. The second-order valence-corrected chi connectivity index (χ2v) is 4.86. The number of pyridine rings is 1. The zero-order valence-electron chi connectivity index (χ0n) is 12.5. The van der Waals surface area contributed by atoms with Crippen molar-refractivity contribution in [2.24, 2.45) is 0 Å². The monoisotopic (exact) mass is 328 g/mol. The molecule has 1 unspecified atom stereocenters. The van der Waals surface area contributed by atoms with Gasteiger partial charge in [-0.25, -0.2) is 0 Å². The molecule has 0 spiro atoms. The van der Waals surface area contributed by atoms with E-state index in [1.54, 1.807) is 19.2 Å². The molecule has 1 amide bonds. The molecule has 0 aliphatic rings. The maximum absolute atomic E-state index is 12.5. The van der Waals surface area contributed by atoms with Gasteiger partial charge in [0.05, 0.1) is 0 Å². The van der Waals surface area contributed by atoms with Crippen molar-refractivity contribution < 1.29 is 18.0 Å². The minimum atomic E-state index is -4.57. The van der Waals surface area contributed by atoms with Crippen molar-refractivity contribution in [1.29, 1.82) is 0 Å². The number of aryl methyl sites for hydroxylation is 1. The lowest BCUT2D eigenvalue weighted by Crippen LogP contribution is -2.29. The number of carbonyl (C=O) groups excluding carboxylic acids is 1. The molecule has 0 radical (unpaired) electrons. The van der Waals surface area contributed by atoms with Gasteiger partial charge >= 0.3 is 6.18 Å². The second-order valence-electron chi connectivity index (χ2n) is 4.86. The SMILES string of the molecule is CCn1cccc(NC(=O)C(C)n2ccc(C(F)(F)F)n2)c1=O. The molecule has 2 rings (SSSR count). The minimum Gasteiger partial charge on any atom is -0.320 e. The largest absolute Gasteiger partial charge is 0.435 e. The van der Waals surface area contributed by atoms with E-state index in [1.165, 1.54) is 17.6 Å². The normalized spacial score (nSPS) is 12.9. The van der Waals surface area contributed by atoms with Crippen molar-refractivity contribution in [1.82, 2.24) is 14.3 Å². The van der Waals surface area contributed by atoms with Crippen molar-refractivity contribution in [2.45, 2.75) is 32.6 Å². The fourth-order valence-electron chi connectivity index (χ4n) is 1.94. The van der Waals surface area contributed by atoms with Gasteiger partial charge in [-0.15, -0.1) is 0 Å². The Hall–Kier alpha value is -2.58. The van der Waals surface area contributed by atoms with E-state index in [-0.39, 0.29) is 11.2 Å². The van der Waals surface area contributed by atoms with Gasteiger partial charge in [-0.3, -0.25) is 14.3 Å². The smallest absolute Gasteiger partial charge is 0.320 e. The molecular formula is C14H15F3N4O2. The molecule has 0 fully saturated rings. The van der Waals surface area contributed by atoms with E-state index >= 15 is 0 Å². The maximum atomic E-state index is 12.5. The Labute approximate surface area is 129 Å². The Morgan fingerprint density at radius 2 is 2.04 bits per heavy atom. The van der Waals surface area contributed by atoms with E-state index < -0.39 is 23.8 Å². The first-order valence-corrected chi connectivity index (χ1v) is 6.86. The van der Waals surface area contributed by atoms with Crippen LogP contribution in [0.1, 0.15) is 25.6 Å². The molecule has 0 saturated heterocycles. The van der Waals surface area contributed by atoms with Crippen LogP contribution in [-0.4, -0.2) is 20.3 Å². The van der Waals surface area contributed by atoms with Gasteiger partial charge in [0.25, 0.3) is 5.56 Å². The van der Waals surface area contributed by atoms with Gasteiger partial charge in [0.1, 0.15) is 11.7 Å². The highest BCUT2D eigenvalue weighted by Crippen LogP contribution is 2.27. The molecule has 0 saturated carbocycles. The number of anilines is 1. The molecular weight excluding hydrogens is 313 g/mol. The van der Waals surface area contributed by atoms with Crippen LogP contribution in [-0.2, 0) is 17.5 Å². The summed E-state index contributed by atoms with van der Waals surface area (Å²) in [7, 11) is 0. The van der Waals surface area contributed by atoms with Crippen LogP contribution in [0.15, 0.2) is 35.4 Å². The van der Waals surface area contributed by atoms with Crippen LogP contribution in [0.5, 0.6) is 0 Å². The van der Waals surface area contributed by atoms with Gasteiger partial charge in [-0.2, -0.15) is 18.3 Å². The van der Waals surface area contributed by atoms with Gasteiger partial charge in [0, 0.05) is 18.9 Å². The lowest BCUT2D eigenvalue weighted by Gasteiger charge is -2.13. The van der Waals surface area contributed by atoms with Crippen molar-refractivity contribution in [3.05, 3.63) is 46.6 Å². The summed E-state index contributed by atoms with van der Waals surface area (Å²) in [4.78, 5) is 24.1. The molecule has 0 aliphatic carbocycles. The van der Waals surface area contributed by atoms with Gasteiger partial charge in [0.2, 0.25) is 5.91 Å².